The lowest BCUT2D eigenvalue weighted by molar-refractivity contribution is 0.137. The Kier molecular flexibility index (Phi) is 10.0. The molecule has 1 N–H and O–H groups in total. The fourth-order valence-corrected chi connectivity index (χ4v) is 1.99. The lowest BCUT2D eigenvalue weighted by atomic mass is 9.93. The van der Waals surface area contributed by atoms with Crippen LogP contribution >= 0.6 is 0 Å². The minimum absolute atomic E-state index is 0.599. The molecule has 2 heteroatoms. The van der Waals surface area contributed by atoms with Crippen LogP contribution in [0.15, 0.2) is 0 Å². The smallest absolute Gasteiger partial charge is 0.0466 e. The fraction of sp³-hybridized carbons (Fsp3) is 1.00. The average molecular weight is 229 g/mol. The van der Waals surface area contributed by atoms with Gasteiger partial charge >= 0.3 is 0 Å². The molecule has 1 atom stereocenters. The van der Waals surface area contributed by atoms with Gasteiger partial charge in [-0.2, -0.15) is 0 Å². The first-order valence-electron chi connectivity index (χ1n) is 6.87. The van der Waals surface area contributed by atoms with Gasteiger partial charge in [0.05, 0.1) is 0 Å². The van der Waals surface area contributed by atoms with Crippen molar-refractivity contribution in [2.45, 2.75) is 59.9 Å². The summed E-state index contributed by atoms with van der Waals surface area (Å²) >= 11 is 0. The molecular weight excluding hydrogens is 198 g/mol. The summed E-state index contributed by atoms with van der Waals surface area (Å²) in [5, 5.41) is 3.55. The minimum atomic E-state index is 0.599. The van der Waals surface area contributed by atoms with Gasteiger partial charge in [-0.1, -0.05) is 27.7 Å². The molecular formula is C14H31NO. The monoisotopic (exact) mass is 229 g/mol. The van der Waals surface area contributed by atoms with E-state index < -0.39 is 0 Å². The summed E-state index contributed by atoms with van der Waals surface area (Å²) < 4.78 is 5.39. The van der Waals surface area contributed by atoms with Crippen molar-refractivity contribution in [2.75, 3.05) is 19.8 Å². The van der Waals surface area contributed by atoms with E-state index in [1.54, 1.807) is 0 Å². The molecule has 0 spiro atoms. The van der Waals surface area contributed by atoms with Crippen molar-refractivity contribution < 1.29 is 4.74 Å². The molecule has 0 aromatic carbocycles. The molecule has 0 radical (unpaired) electrons. The molecule has 0 bridgehead atoms. The Balaban J connectivity index is 3.72. The van der Waals surface area contributed by atoms with Crippen molar-refractivity contribution in [3.63, 3.8) is 0 Å². The Bertz CT molecular complexity index is 146. The number of hydrogen-bond acceptors (Lipinski definition) is 2. The van der Waals surface area contributed by atoms with Gasteiger partial charge in [0.15, 0.2) is 0 Å². The third kappa shape index (κ3) is 10.4. The molecule has 2 nitrogen and oxygen atoms in total. The number of rotatable bonds is 10. The van der Waals surface area contributed by atoms with Gasteiger partial charge in [-0.05, 0) is 44.6 Å². The van der Waals surface area contributed by atoms with Gasteiger partial charge in [0.25, 0.3) is 0 Å². The zero-order chi connectivity index (χ0) is 12.4. The highest BCUT2D eigenvalue weighted by molar-refractivity contribution is 4.66. The van der Waals surface area contributed by atoms with E-state index >= 15 is 0 Å². The van der Waals surface area contributed by atoms with Gasteiger partial charge < -0.3 is 10.1 Å². The van der Waals surface area contributed by atoms with E-state index in [9.17, 15) is 0 Å². The van der Waals surface area contributed by atoms with Crippen molar-refractivity contribution in [3.8, 4) is 0 Å². The van der Waals surface area contributed by atoms with E-state index in [1.807, 2.05) is 0 Å². The van der Waals surface area contributed by atoms with Gasteiger partial charge in [-0.3, -0.25) is 0 Å². The quantitative estimate of drug-likeness (QED) is 0.579. The van der Waals surface area contributed by atoms with Crippen LogP contribution in [0, 0.1) is 11.8 Å². The third-order valence-corrected chi connectivity index (χ3v) is 2.72. The molecule has 0 aromatic rings. The minimum Gasteiger partial charge on any atom is -0.382 e. The Morgan fingerprint density at radius 3 is 2.31 bits per heavy atom. The summed E-state index contributed by atoms with van der Waals surface area (Å²) in [7, 11) is 0. The van der Waals surface area contributed by atoms with Crippen LogP contribution < -0.4 is 5.32 Å². The summed E-state index contributed by atoms with van der Waals surface area (Å²) in [4.78, 5) is 0. The molecule has 0 aliphatic heterocycles. The molecule has 0 fully saturated rings. The highest BCUT2D eigenvalue weighted by atomic mass is 16.5. The second-order valence-electron chi connectivity index (χ2n) is 5.40. The van der Waals surface area contributed by atoms with E-state index in [0.717, 1.165) is 31.6 Å². The standard InChI is InChI=1S/C14H31NO/c1-6-16-9-7-8-14(10-12(2)3)11-15-13(4)5/h12-15H,6-11H2,1-5H3. The maximum absolute atomic E-state index is 5.39. The van der Waals surface area contributed by atoms with Crippen LogP contribution in [-0.4, -0.2) is 25.8 Å². The highest BCUT2D eigenvalue weighted by Crippen LogP contribution is 2.16. The predicted octanol–water partition coefficient (Wildman–Crippen LogP) is 3.46. The average Bonchev–Trinajstić information content (AvgIpc) is 2.19. The lowest BCUT2D eigenvalue weighted by Crippen LogP contribution is -2.29. The largest absolute Gasteiger partial charge is 0.382 e. The Labute approximate surface area is 102 Å². The van der Waals surface area contributed by atoms with Crippen molar-refractivity contribution in [3.05, 3.63) is 0 Å². The van der Waals surface area contributed by atoms with Gasteiger partial charge in [0.1, 0.15) is 0 Å². The summed E-state index contributed by atoms with van der Waals surface area (Å²) in [5.74, 6) is 1.61. The van der Waals surface area contributed by atoms with Crippen LogP contribution in [0.5, 0.6) is 0 Å². The Hall–Kier alpha value is -0.0800. The van der Waals surface area contributed by atoms with Gasteiger partial charge in [-0.15, -0.1) is 0 Å². The molecule has 0 rings (SSSR count). The van der Waals surface area contributed by atoms with Crippen molar-refractivity contribution >= 4 is 0 Å². The normalized spacial score (nSPS) is 13.7. The van der Waals surface area contributed by atoms with Gasteiger partial charge in [-0.25, -0.2) is 0 Å². The van der Waals surface area contributed by atoms with Crippen molar-refractivity contribution in [1.82, 2.24) is 5.32 Å². The van der Waals surface area contributed by atoms with Gasteiger partial charge in [0.2, 0.25) is 0 Å². The van der Waals surface area contributed by atoms with Crippen molar-refractivity contribution in [1.29, 1.82) is 0 Å². The molecule has 0 saturated heterocycles. The molecule has 0 heterocycles. The summed E-state index contributed by atoms with van der Waals surface area (Å²) in [6.07, 6.45) is 3.81. The van der Waals surface area contributed by atoms with Crippen LogP contribution in [0.4, 0.5) is 0 Å². The maximum Gasteiger partial charge on any atom is 0.0466 e. The molecule has 1 unspecified atom stereocenters. The van der Waals surface area contributed by atoms with Crippen LogP contribution in [0.3, 0.4) is 0 Å². The molecule has 0 aliphatic rings. The first-order chi connectivity index (χ1) is 7.56. The van der Waals surface area contributed by atoms with Crippen LogP contribution in [0.25, 0.3) is 0 Å². The highest BCUT2D eigenvalue weighted by Gasteiger charge is 2.11. The van der Waals surface area contributed by atoms with E-state index in [1.165, 1.54) is 19.3 Å². The number of hydrogen-bond donors (Lipinski definition) is 1. The third-order valence-electron chi connectivity index (χ3n) is 2.72. The first kappa shape index (κ1) is 15.9. The predicted molar refractivity (Wildman–Crippen MR) is 71.8 cm³/mol. The number of ether oxygens (including phenoxy) is 1. The second kappa shape index (κ2) is 10.1. The summed E-state index contributed by atoms with van der Waals surface area (Å²) in [6, 6.07) is 0.599. The van der Waals surface area contributed by atoms with Crippen LogP contribution in [0.1, 0.15) is 53.9 Å². The summed E-state index contributed by atoms with van der Waals surface area (Å²) in [6.45, 7) is 14.0. The first-order valence-corrected chi connectivity index (χ1v) is 6.87. The van der Waals surface area contributed by atoms with Gasteiger partial charge in [0, 0.05) is 19.3 Å². The van der Waals surface area contributed by atoms with E-state index in [2.05, 4.69) is 39.9 Å². The van der Waals surface area contributed by atoms with E-state index in [-0.39, 0.29) is 0 Å². The number of nitrogens with one attached hydrogen (secondary N) is 1. The van der Waals surface area contributed by atoms with Crippen LogP contribution in [-0.2, 0) is 4.74 Å². The van der Waals surface area contributed by atoms with Crippen molar-refractivity contribution in [2.24, 2.45) is 11.8 Å². The Morgan fingerprint density at radius 1 is 1.12 bits per heavy atom. The van der Waals surface area contributed by atoms with E-state index in [4.69, 9.17) is 4.74 Å². The molecule has 16 heavy (non-hydrogen) atoms. The molecule has 0 amide bonds. The SMILES string of the molecule is CCOCCCC(CNC(C)C)CC(C)C. The maximum atomic E-state index is 5.39. The second-order valence-corrected chi connectivity index (χ2v) is 5.40. The topological polar surface area (TPSA) is 21.3 Å². The fourth-order valence-electron chi connectivity index (χ4n) is 1.99. The molecule has 0 aromatic heterocycles. The lowest BCUT2D eigenvalue weighted by Gasteiger charge is -2.21. The molecule has 0 saturated carbocycles. The summed E-state index contributed by atoms with van der Waals surface area (Å²) in [5.41, 5.74) is 0. The zero-order valence-electron chi connectivity index (χ0n) is 11.9. The molecule has 0 aliphatic carbocycles. The Morgan fingerprint density at radius 2 is 1.81 bits per heavy atom. The zero-order valence-corrected chi connectivity index (χ0v) is 11.9. The van der Waals surface area contributed by atoms with E-state index in [0.29, 0.717) is 6.04 Å². The van der Waals surface area contributed by atoms with Crippen LogP contribution in [0.2, 0.25) is 0 Å². The molecule has 98 valence electrons.